The molecule has 2 aromatic rings. The Kier molecular flexibility index (Phi) is 6.83. The molecule has 2 amide bonds. The molecule has 2 rings (SSSR count). The lowest BCUT2D eigenvalue weighted by Gasteiger charge is -2.00. The lowest BCUT2D eigenvalue weighted by Crippen LogP contribution is -2.35. The molecule has 0 aromatic heterocycles. The van der Waals surface area contributed by atoms with Gasteiger partial charge in [0.2, 0.25) is 0 Å². The van der Waals surface area contributed by atoms with Crippen LogP contribution in [0.5, 0.6) is 0 Å². The van der Waals surface area contributed by atoms with E-state index >= 15 is 0 Å². The zero-order valence-corrected chi connectivity index (χ0v) is 15.4. The summed E-state index contributed by atoms with van der Waals surface area (Å²) in [6.45, 7) is 0. The number of rotatable bonds is 4. The Labute approximate surface area is 155 Å². The van der Waals surface area contributed by atoms with E-state index in [4.69, 9.17) is 0 Å². The van der Waals surface area contributed by atoms with Crippen LogP contribution in [0.25, 0.3) is 0 Å². The standard InChI is InChI=1S/C16H12Br2N4O2/c17-13-7-3-1-5-11(13)9-19-21-15(23)16(24)22-20-10-12-6-2-4-8-14(12)18/h1-10H,(H,21,23)(H,22,24). The second-order valence-electron chi connectivity index (χ2n) is 4.44. The van der Waals surface area contributed by atoms with Crippen molar-refractivity contribution in [3.8, 4) is 0 Å². The van der Waals surface area contributed by atoms with E-state index in [0.29, 0.717) is 0 Å². The van der Waals surface area contributed by atoms with Crippen molar-refractivity contribution in [3.05, 3.63) is 68.6 Å². The number of carbonyl (C=O) groups is 2. The van der Waals surface area contributed by atoms with Gasteiger partial charge in [-0.3, -0.25) is 9.59 Å². The van der Waals surface area contributed by atoms with Crippen molar-refractivity contribution < 1.29 is 9.59 Å². The van der Waals surface area contributed by atoms with Gasteiger partial charge < -0.3 is 0 Å². The molecule has 6 nitrogen and oxygen atoms in total. The van der Waals surface area contributed by atoms with Crippen LogP contribution in [0.3, 0.4) is 0 Å². The maximum atomic E-state index is 11.6. The molecule has 0 spiro atoms. The third kappa shape index (κ3) is 5.39. The van der Waals surface area contributed by atoms with Gasteiger partial charge in [0.15, 0.2) is 0 Å². The Morgan fingerprint density at radius 2 is 1.12 bits per heavy atom. The maximum absolute atomic E-state index is 11.6. The Bertz CT molecular complexity index is 739. The third-order valence-electron chi connectivity index (χ3n) is 2.76. The highest BCUT2D eigenvalue weighted by atomic mass is 79.9. The first-order valence-corrected chi connectivity index (χ1v) is 8.32. The van der Waals surface area contributed by atoms with Crippen molar-refractivity contribution in [1.82, 2.24) is 10.9 Å². The predicted molar refractivity (Wildman–Crippen MR) is 99.8 cm³/mol. The van der Waals surface area contributed by atoms with Crippen LogP contribution in [0, 0.1) is 0 Å². The van der Waals surface area contributed by atoms with Gasteiger partial charge >= 0.3 is 11.8 Å². The maximum Gasteiger partial charge on any atom is 0.331 e. The van der Waals surface area contributed by atoms with Crippen molar-refractivity contribution in [2.45, 2.75) is 0 Å². The molecule has 0 unspecified atom stereocenters. The lowest BCUT2D eigenvalue weighted by atomic mass is 10.2. The van der Waals surface area contributed by atoms with Gasteiger partial charge in [0, 0.05) is 20.1 Å². The quantitative estimate of drug-likeness (QED) is 0.425. The van der Waals surface area contributed by atoms with Crippen molar-refractivity contribution in [2.75, 3.05) is 0 Å². The first kappa shape index (κ1) is 18.0. The highest BCUT2D eigenvalue weighted by molar-refractivity contribution is 9.10. The fraction of sp³-hybridized carbons (Fsp3) is 0. The van der Waals surface area contributed by atoms with Crippen LogP contribution >= 0.6 is 31.9 Å². The number of hydrogen-bond donors (Lipinski definition) is 2. The molecule has 122 valence electrons. The molecule has 0 radical (unpaired) electrons. The van der Waals surface area contributed by atoms with Gasteiger partial charge in [-0.25, -0.2) is 10.9 Å². The smallest absolute Gasteiger partial charge is 0.262 e. The number of benzene rings is 2. The topological polar surface area (TPSA) is 82.9 Å². The zero-order valence-electron chi connectivity index (χ0n) is 12.2. The molecule has 2 N–H and O–H groups in total. The van der Waals surface area contributed by atoms with E-state index in [1.165, 1.54) is 12.4 Å². The summed E-state index contributed by atoms with van der Waals surface area (Å²) in [7, 11) is 0. The van der Waals surface area contributed by atoms with Crippen molar-refractivity contribution in [1.29, 1.82) is 0 Å². The first-order chi connectivity index (χ1) is 11.6. The summed E-state index contributed by atoms with van der Waals surface area (Å²) < 4.78 is 1.65. The Morgan fingerprint density at radius 1 is 0.750 bits per heavy atom. The van der Waals surface area contributed by atoms with E-state index < -0.39 is 11.8 Å². The normalized spacial score (nSPS) is 10.9. The first-order valence-electron chi connectivity index (χ1n) is 6.73. The van der Waals surface area contributed by atoms with Crippen molar-refractivity contribution in [3.63, 3.8) is 0 Å². The minimum atomic E-state index is -0.914. The summed E-state index contributed by atoms with van der Waals surface area (Å²) in [6.07, 6.45) is 2.86. The van der Waals surface area contributed by atoms with Crippen LogP contribution in [0.15, 0.2) is 67.7 Å². The van der Waals surface area contributed by atoms with E-state index in [-0.39, 0.29) is 0 Å². The predicted octanol–water partition coefficient (Wildman–Crippen LogP) is 2.81. The summed E-state index contributed by atoms with van der Waals surface area (Å²) in [6, 6.07) is 14.7. The van der Waals surface area contributed by atoms with Gasteiger partial charge in [0.05, 0.1) is 12.4 Å². The molecule has 0 aliphatic rings. The monoisotopic (exact) mass is 450 g/mol. The van der Waals surface area contributed by atoms with Gasteiger partial charge in [-0.05, 0) is 12.1 Å². The molecule has 0 atom stereocenters. The number of hydrogen-bond acceptors (Lipinski definition) is 4. The molecule has 0 aliphatic carbocycles. The Morgan fingerprint density at radius 3 is 1.50 bits per heavy atom. The lowest BCUT2D eigenvalue weighted by molar-refractivity contribution is -0.139. The number of nitrogens with zero attached hydrogens (tertiary/aromatic N) is 2. The van der Waals surface area contributed by atoms with Gasteiger partial charge in [-0.2, -0.15) is 10.2 Å². The minimum Gasteiger partial charge on any atom is -0.262 e. The molecular formula is C16H12Br2N4O2. The molecule has 2 aromatic carbocycles. The van der Waals surface area contributed by atoms with Crippen LogP contribution in [0.1, 0.15) is 11.1 Å². The molecule has 0 aliphatic heterocycles. The number of halogens is 2. The summed E-state index contributed by atoms with van der Waals surface area (Å²) in [5.74, 6) is -1.83. The molecule has 0 fully saturated rings. The van der Waals surface area contributed by atoms with Gasteiger partial charge in [0.25, 0.3) is 0 Å². The summed E-state index contributed by atoms with van der Waals surface area (Å²) in [5.41, 5.74) is 5.80. The molecule has 0 saturated heterocycles. The van der Waals surface area contributed by atoms with Crippen LogP contribution in [-0.4, -0.2) is 24.2 Å². The van der Waals surface area contributed by atoms with Gasteiger partial charge in [-0.15, -0.1) is 0 Å². The molecule has 0 heterocycles. The van der Waals surface area contributed by atoms with E-state index in [9.17, 15) is 9.59 Å². The summed E-state index contributed by atoms with van der Waals surface area (Å²) in [4.78, 5) is 23.2. The summed E-state index contributed by atoms with van der Waals surface area (Å²) in [5, 5.41) is 7.46. The molecule has 24 heavy (non-hydrogen) atoms. The average molecular weight is 452 g/mol. The van der Waals surface area contributed by atoms with Gasteiger partial charge in [0.1, 0.15) is 0 Å². The average Bonchev–Trinajstić information content (AvgIpc) is 2.58. The van der Waals surface area contributed by atoms with Crippen LogP contribution < -0.4 is 10.9 Å². The van der Waals surface area contributed by atoms with Crippen molar-refractivity contribution in [2.24, 2.45) is 10.2 Å². The minimum absolute atomic E-state index is 0.769. The van der Waals surface area contributed by atoms with E-state index in [1.54, 1.807) is 0 Å². The van der Waals surface area contributed by atoms with Crippen LogP contribution in [-0.2, 0) is 9.59 Å². The van der Waals surface area contributed by atoms with Crippen molar-refractivity contribution >= 4 is 56.1 Å². The molecule has 8 heteroatoms. The highest BCUT2D eigenvalue weighted by Gasteiger charge is 2.11. The zero-order chi connectivity index (χ0) is 17.4. The Balaban J connectivity index is 1.85. The van der Waals surface area contributed by atoms with Crippen LogP contribution in [0.2, 0.25) is 0 Å². The Hall–Kier alpha value is -2.32. The molecular weight excluding hydrogens is 440 g/mol. The van der Waals surface area contributed by atoms with E-state index in [1.807, 2.05) is 48.5 Å². The molecule has 0 bridgehead atoms. The van der Waals surface area contributed by atoms with Gasteiger partial charge in [-0.1, -0.05) is 68.3 Å². The highest BCUT2D eigenvalue weighted by Crippen LogP contribution is 2.13. The fourth-order valence-electron chi connectivity index (χ4n) is 1.58. The fourth-order valence-corrected chi connectivity index (χ4v) is 2.36. The second-order valence-corrected chi connectivity index (χ2v) is 6.15. The van der Waals surface area contributed by atoms with Crippen LogP contribution in [0.4, 0.5) is 0 Å². The third-order valence-corrected chi connectivity index (χ3v) is 4.20. The van der Waals surface area contributed by atoms with E-state index in [0.717, 1.165) is 20.1 Å². The number of hydrazone groups is 2. The number of carbonyl (C=O) groups excluding carboxylic acids is 2. The SMILES string of the molecule is O=C(NN=Cc1ccccc1Br)C(=O)NN=Cc1ccccc1Br. The largest absolute Gasteiger partial charge is 0.331 e. The number of nitrogens with one attached hydrogen (secondary N) is 2. The second kappa shape index (κ2) is 9.09. The summed E-state index contributed by atoms with van der Waals surface area (Å²) >= 11 is 6.70. The number of amides is 2. The van der Waals surface area contributed by atoms with E-state index in [2.05, 4.69) is 52.9 Å². The molecule has 0 saturated carbocycles.